The van der Waals surface area contributed by atoms with Gasteiger partial charge in [0.25, 0.3) is 0 Å². The monoisotopic (exact) mass is 399 g/mol. The number of carbonyl (C=O) groups excluding carboxylic acids is 1. The van der Waals surface area contributed by atoms with E-state index in [9.17, 15) is 17.6 Å². The van der Waals surface area contributed by atoms with Crippen LogP contribution in [0.3, 0.4) is 0 Å². The van der Waals surface area contributed by atoms with Crippen molar-refractivity contribution in [2.24, 2.45) is 0 Å². The molecule has 0 spiro atoms. The first-order valence-corrected chi connectivity index (χ1v) is 9.74. The van der Waals surface area contributed by atoms with Crippen molar-refractivity contribution in [2.75, 3.05) is 19.6 Å². The lowest BCUT2D eigenvalue weighted by Crippen LogP contribution is -2.40. The molecule has 2 amide bonds. The number of hydrogen-bond acceptors (Lipinski definition) is 3. The molecule has 0 aliphatic rings. The summed E-state index contributed by atoms with van der Waals surface area (Å²) in [6, 6.07) is 11.5. The fourth-order valence-corrected chi connectivity index (χ4v) is 3.45. The van der Waals surface area contributed by atoms with E-state index < -0.39 is 16.1 Å². The summed E-state index contributed by atoms with van der Waals surface area (Å²) in [5.74, 6) is -0.306. The molecule has 0 heterocycles. The second kappa shape index (κ2) is 9.51. The van der Waals surface area contributed by atoms with Crippen LogP contribution in [0.25, 0.3) is 0 Å². The summed E-state index contributed by atoms with van der Waals surface area (Å²) in [7, 11) is -3.67. The van der Waals surface area contributed by atoms with Gasteiger partial charge in [0.15, 0.2) is 0 Å². The lowest BCUT2D eigenvalue weighted by molar-refractivity contribution is 0.241. The SMILES string of the molecule is O=C(NCCNS(=O)(=O)c1cccc(Cl)c1)NCCc1ccc(F)cc1. The van der Waals surface area contributed by atoms with Crippen LogP contribution in [0.5, 0.6) is 0 Å². The Labute approximate surface area is 156 Å². The number of sulfonamides is 1. The van der Waals surface area contributed by atoms with E-state index in [2.05, 4.69) is 15.4 Å². The van der Waals surface area contributed by atoms with Crippen molar-refractivity contribution in [2.45, 2.75) is 11.3 Å². The first-order valence-electron chi connectivity index (χ1n) is 7.88. The molecule has 2 aromatic rings. The number of hydrogen-bond donors (Lipinski definition) is 3. The number of rotatable bonds is 8. The third kappa shape index (κ3) is 6.62. The molecular weight excluding hydrogens is 381 g/mol. The molecule has 0 saturated heterocycles. The zero-order chi connectivity index (χ0) is 19.0. The van der Waals surface area contributed by atoms with Crippen molar-refractivity contribution in [1.82, 2.24) is 15.4 Å². The van der Waals surface area contributed by atoms with E-state index in [0.717, 1.165) is 5.56 Å². The minimum atomic E-state index is -3.67. The van der Waals surface area contributed by atoms with Crippen LogP contribution in [0.2, 0.25) is 5.02 Å². The molecule has 2 aromatic carbocycles. The molecule has 6 nitrogen and oxygen atoms in total. The molecule has 0 aliphatic carbocycles. The molecule has 0 unspecified atom stereocenters. The van der Waals surface area contributed by atoms with Gasteiger partial charge in [-0.15, -0.1) is 0 Å². The highest BCUT2D eigenvalue weighted by atomic mass is 35.5. The molecule has 0 aliphatic heterocycles. The number of carbonyl (C=O) groups is 1. The highest BCUT2D eigenvalue weighted by Gasteiger charge is 2.13. The highest BCUT2D eigenvalue weighted by Crippen LogP contribution is 2.14. The van der Waals surface area contributed by atoms with Gasteiger partial charge in [0.2, 0.25) is 10.0 Å². The van der Waals surface area contributed by atoms with Gasteiger partial charge in [-0.25, -0.2) is 22.3 Å². The number of halogens is 2. The topological polar surface area (TPSA) is 87.3 Å². The summed E-state index contributed by atoms with van der Waals surface area (Å²) in [5.41, 5.74) is 0.904. The average Bonchev–Trinajstić information content (AvgIpc) is 2.60. The van der Waals surface area contributed by atoms with Crippen molar-refractivity contribution in [1.29, 1.82) is 0 Å². The van der Waals surface area contributed by atoms with E-state index in [1.807, 2.05) is 0 Å². The second-order valence-electron chi connectivity index (χ2n) is 5.41. The standard InChI is InChI=1S/C17H19ClFN3O3S/c18-14-2-1-3-16(12-14)26(24,25)22-11-10-21-17(23)20-9-8-13-4-6-15(19)7-5-13/h1-7,12,22H,8-11H2,(H2,20,21,23). The van der Waals surface area contributed by atoms with Gasteiger partial charge >= 0.3 is 6.03 Å². The second-order valence-corrected chi connectivity index (χ2v) is 7.62. The van der Waals surface area contributed by atoms with Gasteiger partial charge < -0.3 is 10.6 Å². The van der Waals surface area contributed by atoms with Gasteiger partial charge in [-0.05, 0) is 42.3 Å². The quantitative estimate of drug-likeness (QED) is 0.595. The maximum absolute atomic E-state index is 12.8. The van der Waals surface area contributed by atoms with Gasteiger partial charge in [0.1, 0.15) is 5.82 Å². The molecule has 26 heavy (non-hydrogen) atoms. The normalized spacial score (nSPS) is 11.2. The van der Waals surface area contributed by atoms with Crippen molar-refractivity contribution >= 4 is 27.7 Å². The molecule has 0 aromatic heterocycles. The van der Waals surface area contributed by atoms with E-state index in [-0.39, 0.29) is 23.8 Å². The lowest BCUT2D eigenvalue weighted by atomic mass is 10.1. The Bertz CT molecular complexity index is 845. The van der Waals surface area contributed by atoms with Crippen LogP contribution in [-0.2, 0) is 16.4 Å². The third-order valence-corrected chi connectivity index (χ3v) is 5.12. The Hall–Kier alpha value is -2.16. The smallest absolute Gasteiger partial charge is 0.314 e. The summed E-state index contributed by atoms with van der Waals surface area (Å²) < 4.78 is 39.3. The molecule has 0 radical (unpaired) electrons. The molecule has 3 N–H and O–H groups in total. The predicted octanol–water partition coefficient (Wildman–Crippen LogP) is 2.30. The van der Waals surface area contributed by atoms with Crippen LogP contribution in [0, 0.1) is 5.82 Å². The van der Waals surface area contributed by atoms with Crippen LogP contribution in [-0.4, -0.2) is 34.1 Å². The van der Waals surface area contributed by atoms with Crippen LogP contribution >= 0.6 is 11.6 Å². The number of nitrogens with one attached hydrogen (secondary N) is 3. The van der Waals surface area contributed by atoms with E-state index in [0.29, 0.717) is 18.0 Å². The van der Waals surface area contributed by atoms with Crippen LogP contribution in [0.15, 0.2) is 53.4 Å². The molecule has 0 atom stereocenters. The minimum Gasteiger partial charge on any atom is -0.338 e. The zero-order valence-corrected chi connectivity index (χ0v) is 15.4. The maximum Gasteiger partial charge on any atom is 0.314 e. The summed E-state index contributed by atoms with van der Waals surface area (Å²) in [6.45, 7) is 0.550. The fraction of sp³-hybridized carbons (Fsp3) is 0.235. The van der Waals surface area contributed by atoms with Crippen LogP contribution < -0.4 is 15.4 Å². The minimum absolute atomic E-state index is 0.0419. The molecule has 140 valence electrons. The Morgan fingerprint density at radius 2 is 1.69 bits per heavy atom. The average molecular weight is 400 g/mol. The number of amides is 2. The molecule has 2 rings (SSSR count). The Morgan fingerprint density at radius 1 is 1.00 bits per heavy atom. The third-order valence-electron chi connectivity index (χ3n) is 3.42. The van der Waals surface area contributed by atoms with Gasteiger partial charge in [-0.2, -0.15) is 0 Å². The predicted molar refractivity (Wildman–Crippen MR) is 98.1 cm³/mol. The first kappa shape index (κ1) is 20.2. The van der Waals surface area contributed by atoms with Gasteiger partial charge in [-0.3, -0.25) is 0 Å². The molecule has 0 bridgehead atoms. The van der Waals surface area contributed by atoms with Crippen molar-refractivity contribution in [3.05, 3.63) is 64.9 Å². The number of urea groups is 1. The van der Waals surface area contributed by atoms with E-state index >= 15 is 0 Å². The van der Waals surface area contributed by atoms with Crippen molar-refractivity contribution < 1.29 is 17.6 Å². The highest BCUT2D eigenvalue weighted by molar-refractivity contribution is 7.89. The Kier molecular flexibility index (Phi) is 7.38. The van der Waals surface area contributed by atoms with Gasteiger partial charge in [-0.1, -0.05) is 29.8 Å². The molecular formula is C17H19ClFN3O3S. The maximum atomic E-state index is 12.8. The van der Waals surface area contributed by atoms with Gasteiger partial charge in [0.05, 0.1) is 4.90 Å². The summed E-state index contributed by atoms with van der Waals surface area (Å²) >= 11 is 5.78. The fourth-order valence-electron chi connectivity index (χ4n) is 2.11. The van der Waals surface area contributed by atoms with E-state index in [1.54, 1.807) is 24.3 Å². The molecule has 0 fully saturated rings. The Morgan fingerprint density at radius 3 is 2.38 bits per heavy atom. The van der Waals surface area contributed by atoms with Crippen LogP contribution in [0.4, 0.5) is 9.18 Å². The summed E-state index contributed by atoms with van der Waals surface area (Å²) in [6.07, 6.45) is 0.565. The first-order chi connectivity index (χ1) is 12.4. The zero-order valence-electron chi connectivity index (χ0n) is 13.8. The van der Waals surface area contributed by atoms with Crippen molar-refractivity contribution in [3.8, 4) is 0 Å². The van der Waals surface area contributed by atoms with Crippen molar-refractivity contribution in [3.63, 3.8) is 0 Å². The largest absolute Gasteiger partial charge is 0.338 e. The molecule has 9 heteroatoms. The van der Waals surface area contributed by atoms with Gasteiger partial charge in [0, 0.05) is 24.7 Å². The van der Waals surface area contributed by atoms with Crippen LogP contribution in [0.1, 0.15) is 5.56 Å². The lowest BCUT2D eigenvalue weighted by Gasteiger charge is -2.09. The number of benzene rings is 2. The van der Waals surface area contributed by atoms with E-state index in [4.69, 9.17) is 11.6 Å². The summed E-state index contributed by atoms with van der Waals surface area (Å²) in [5, 5.41) is 5.52. The van der Waals surface area contributed by atoms with E-state index in [1.165, 1.54) is 24.3 Å². The Balaban J connectivity index is 1.66. The summed E-state index contributed by atoms with van der Waals surface area (Å²) in [4.78, 5) is 11.7. The molecule has 0 saturated carbocycles.